The van der Waals surface area contributed by atoms with Crippen LogP contribution in [-0.2, 0) is 9.59 Å². The molecule has 0 spiro atoms. The van der Waals surface area contributed by atoms with Crippen LogP contribution in [0.5, 0.6) is 11.5 Å². The summed E-state index contributed by atoms with van der Waals surface area (Å²) in [5.74, 6) is 0.897. The topological polar surface area (TPSA) is 96.9 Å². The lowest BCUT2D eigenvalue weighted by atomic mass is 10.2. The Morgan fingerprint density at radius 3 is 2.76 bits per heavy atom. The van der Waals surface area contributed by atoms with Crippen molar-refractivity contribution in [3.05, 3.63) is 36.5 Å². The molecule has 1 N–H and O–H groups in total. The maximum absolute atomic E-state index is 12.8. The Kier molecular flexibility index (Phi) is 7.23. The van der Waals surface area contributed by atoms with Gasteiger partial charge in [-0.2, -0.15) is 0 Å². The summed E-state index contributed by atoms with van der Waals surface area (Å²) in [5.41, 5.74) is 1.45. The minimum absolute atomic E-state index is 0.0142. The molecule has 1 aliphatic rings. The van der Waals surface area contributed by atoms with Crippen molar-refractivity contribution in [2.45, 2.75) is 19.3 Å². The van der Waals surface area contributed by atoms with E-state index in [9.17, 15) is 9.59 Å². The summed E-state index contributed by atoms with van der Waals surface area (Å²) in [6.45, 7) is 2.82. The SMILES string of the molecule is COc1ccc(NC(=O)CCC(=O)N2CCCN(c3nc4cccnc4s3)CC2)c(OC)c1. The van der Waals surface area contributed by atoms with Gasteiger partial charge in [0.25, 0.3) is 0 Å². The minimum atomic E-state index is -0.231. The first-order valence-corrected chi connectivity index (χ1v) is 11.6. The van der Waals surface area contributed by atoms with Gasteiger partial charge in [-0.25, -0.2) is 9.97 Å². The number of thiazole rings is 1. The number of pyridine rings is 1. The number of carbonyl (C=O) groups excluding carboxylic acids is 2. The van der Waals surface area contributed by atoms with E-state index in [1.165, 1.54) is 7.11 Å². The molecule has 1 fully saturated rings. The van der Waals surface area contributed by atoms with E-state index in [0.717, 1.165) is 28.4 Å². The molecule has 0 saturated carbocycles. The number of carbonyl (C=O) groups is 2. The zero-order valence-electron chi connectivity index (χ0n) is 18.7. The van der Waals surface area contributed by atoms with Crippen molar-refractivity contribution in [1.82, 2.24) is 14.9 Å². The Bertz CT molecular complexity index is 1100. The quantitative estimate of drug-likeness (QED) is 0.568. The number of fused-ring (bicyclic) bond motifs is 1. The molecule has 2 amide bonds. The molecule has 4 rings (SSSR count). The van der Waals surface area contributed by atoms with Gasteiger partial charge in [0.2, 0.25) is 11.8 Å². The Morgan fingerprint density at radius 2 is 1.97 bits per heavy atom. The van der Waals surface area contributed by atoms with Crippen molar-refractivity contribution in [3.8, 4) is 11.5 Å². The van der Waals surface area contributed by atoms with E-state index >= 15 is 0 Å². The second kappa shape index (κ2) is 10.5. The fourth-order valence-corrected chi connectivity index (χ4v) is 4.71. The molecule has 3 aromatic rings. The number of aromatic nitrogens is 2. The van der Waals surface area contributed by atoms with Crippen LogP contribution in [0.3, 0.4) is 0 Å². The number of nitrogens with zero attached hydrogens (tertiary/aromatic N) is 4. The fourth-order valence-electron chi connectivity index (χ4n) is 3.74. The Morgan fingerprint density at radius 1 is 1.09 bits per heavy atom. The van der Waals surface area contributed by atoms with Crippen molar-refractivity contribution in [1.29, 1.82) is 0 Å². The Labute approximate surface area is 196 Å². The highest BCUT2D eigenvalue weighted by Crippen LogP contribution is 2.29. The summed E-state index contributed by atoms with van der Waals surface area (Å²) in [4.78, 5) is 39.2. The second-order valence-electron chi connectivity index (χ2n) is 7.66. The van der Waals surface area contributed by atoms with E-state index in [1.807, 2.05) is 17.0 Å². The summed E-state index contributed by atoms with van der Waals surface area (Å²) in [6, 6.07) is 9.01. The largest absolute Gasteiger partial charge is 0.497 e. The highest BCUT2D eigenvalue weighted by atomic mass is 32.1. The number of hydrogen-bond donors (Lipinski definition) is 1. The third-order valence-corrected chi connectivity index (χ3v) is 6.56. The van der Waals surface area contributed by atoms with Gasteiger partial charge in [0.1, 0.15) is 21.8 Å². The van der Waals surface area contributed by atoms with E-state index in [1.54, 1.807) is 42.8 Å². The van der Waals surface area contributed by atoms with Crippen molar-refractivity contribution in [2.24, 2.45) is 0 Å². The summed E-state index contributed by atoms with van der Waals surface area (Å²) in [5, 5.41) is 3.75. The van der Waals surface area contributed by atoms with E-state index in [0.29, 0.717) is 36.8 Å². The molecule has 0 bridgehead atoms. The fraction of sp³-hybridized carbons (Fsp3) is 0.391. The summed E-state index contributed by atoms with van der Waals surface area (Å²) >= 11 is 1.57. The molecule has 1 aliphatic heterocycles. The standard InChI is InChI=1S/C23H27N5O4S/c1-31-16-6-7-17(19(15-16)32-2)25-20(29)8-9-21(30)27-11-4-12-28(14-13-27)23-26-18-5-3-10-24-22(18)33-23/h3,5-7,10,15H,4,8-9,11-14H2,1-2H3,(H,25,29). The molecule has 10 heteroatoms. The normalized spacial score (nSPS) is 14.1. The molecule has 3 heterocycles. The number of nitrogens with one attached hydrogen (secondary N) is 1. The average molecular weight is 470 g/mol. The van der Waals surface area contributed by atoms with E-state index in [-0.39, 0.29) is 24.7 Å². The van der Waals surface area contributed by atoms with Crippen LogP contribution >= 0.6 is 11.3 Å². The summed E-state index contributed by atoms with van der Waals surface area (Å²) in [7, 11) is 3.10. The molecule has 174 valence electrons. The number of benzene rings is 1. The van der Waals surface area contributed by atoms with Gasteiger partial charge < -0.3 is 24.6 Å². The molecular weight excluding hydrogens is 442 g/mol. The van der Waals surface area contributed by atoms with Crippen LogP contribution in [0.25, 0.3) is 10.3 Å². The van der Waals surface area contributed by atoms with Gasteiger partial charge in [-0.15, -0.1) is 0 Å². The molecule has 1 aromatic carbocycles. The second-order valence-corrected chi connectivity index (χ2v) is 8.62. The zero-order valence-corrected chi connectivity index (χ0v) is 19.6. The van der Waals surface area contributed by atoms with Gasteiger partial charge >= 0.3 is 0 Å². The van der Waals surface area contributed by atoms with Crippen molar-refractivity contribution in [2.75, 3.05) is 50.6 Å². The van der Waals surface area contributed by atoms with E-state index in [2.05, 4.69) is 20.2 Å². The number of rotatable bonds is 7. The third kappa shape index (κ3) is 5.51. The first kappa shape index (κ1) is 22.8. The molecule has 1 saturated heterocycles. The van der Waals surface area contributed by atoms with Crippen LogP contribution in [0.1, 0.15) is 19.3 Å². The van der Waals surface area contributed by atoms with Gasteiger partial charge in [0.05, 0.1) is 19.9 Å². The lowest BCUT2D eigenvalue weighted by molar-refractivity contribution is -0.132. The van der Waals surface area contributed by atoms with Gasteiger partial charge in [-0.1, -0.05) is 11.3 Å². The van der Waals surface area contributed by atoms with Crippen molar-refractivity contribution in [3.63, 3.8) is 0 Å². The molecule has 0 radical (unpaired) electrons. The number of ether oxygens (including phenoxy) is 2. The van der Waals surface area contributed by atoms with Crippen molar-refractivity contribution >= 4 is 44.3 Å². The van der Waals surface area contributed by atoms with Gasteiger partial charge in [0, 0.05) is 51.3 Å². The van der Waals surface area contributed by atoms with Crippen LogP contribution in [0.15, 0.2) is 36.5 Å². The molecule has 0 aliphatic carbocycles. The smallest absolute Gasteiger partial charge is 0.224 e. The highest BCUT2D eigenvalue weighted by Gasteiger charge is 2.22. The van der Waals surface area contributed by atoms with Crippen LogP contribution < -0.4 is 19.7 Å². The first-order valence-electron chi connectivity index (χ1n) is 10.8. The van der Waals surface area contributed by atoms with Gasteiger partial charge in [-0.05, 0) is 30.7 Å². The molecule has 2 aromatic heterocycles. The average Bonchev–Trinajstić information content (AvgIpc) is 3.12. The predicted molar refractivity (Wildman–Crippen MR) is 128 cm³/mol. The van der Waals surface area contributed by atoms with E-state index < -0.39 is 0 Å². The van der Waals surface area contributed by atoms with Crippen LogP contribution in [0.4, 0.5) is 10.8 Å². The molecule has 0 unspecified atom stereocenters. The number of methoxy groups -OCH3 is 2. The zero-order chi connectivity index (χ0) is 23.2. The number of anilines is 2. The Balaban J connectivity index is 1.28. The molecular formula is C23H27N5O4S. The summed E-state index contributed by atoms with van der Waals surface area (Å²) < 4.78 is 10.5. The van der Waals surface area contributed by atoms with Crippen LogP contribution in [0, 0.1) is 0 Å². The van der Waals surface area contributed by atoms with Crippen LogP contribution in [-0.4, -0.2) is 67.1 Å². The maximum Gasteiger partial charge on any atom is 0.224 e. The Hall–Kier alpha value is -3.40. The van der Waals surface area contributed by atoms with Crippen LogP contribution in [0.2, 0.25) is 0 Å². The number of amides is 2. The third-order valence-electron chi connectivity index (χ3n) is 5.52. The summed E-state index contributed by atoms with van der Waals surface area (Å²) in [6.07, 6.45) is 2.89. The maximum atomic E-state index is 12.8. The van der Waals surface area contributed by atoms with E-state index in [4.69, 9.17) is 9.47 Å². The molecule has 33 heavy (non-hydrogen) atoms. The van der Waals surface area contributed by atoms with Gasteiger partial charge in [0.15, 0.2) is 5.13 Å². The van der Waals surface area contributed by atoms with Gasteiger partial charge in [-0.3, -0.25) is 9.59 Å². The minimum Gasteiger partial charge on any atom is -0.497 e. The monoisotopic (exact) mass is 469 g/mol. The lowest BCUT2D eigenvalue weighted by Crippen LogP contribution is -2.35. The lowest BCUT2D eigenvalue weighted by Gasteiger charge is -2.21. The van der Waals surface area contributed by atoms with Crippen molar-refractivity contribution < 1.29 is 19.1 Å². The highest BCUT2D eigenvalue weighted by molar-refractivity contribution is 7.21. The number of hydrogen-bond acceptors (Lipinski definition) is 8. The molecule has 0 atom stereocenters. The predicted octanol–water partition coefficient (Wildman–Crippen LogP) is 3.17. The molecule has 9 nitrogen and oxygen atoms in total. The first-order chi connectivity index (χ1) is 16.1.